The first-order valence-corrected chi connectivity index (χ1v) is 4.35. The minimum absolute atomic E-state index is 0.0578. The first-order valence-electron chi connectivity index (χ1n) is 4.35. The summed E-state index contributed by atoms with van der Waals surface area (Å²) < 4.78 is 5.00. The zero-order valence-electron chi connectivity index (χ0n) is 7.60. The van der Waals surface area contributed by atoms with E-state index in [0.717, 1.165) is 5.57 Å². The maximum atomic E-state index is 9.41. The first-order chi connectivity index (χ1) is 6.27. The topological polar surface area (TPSA) is 53.2 Å². The third-order valence-electron chi connectivity index (χ3n) is 1.90. The lowest BCUT2D eigenvalue weighted by molar-refractivity contribution is -0.0650. The van der Waals surface area contributed by atoms with Crippen LogP contribution >= 0.6 is 0 Å². The van der Waals surface area contributed by atoms with Gasteiger partial charge in [-0.3, -0.25) is 0 Å². The molecule has 0 aromatic heterocycles. The van der Waals surface area contributed by atoms with E-state index in [9.17, 15) is 5.11 Å². The van der Waals surface area contributed by atoms with Gasteiger partial charge in [0.05, 0.1) is 12.0 Å². The molecule has 0 radical (unpaired) electrons. The molecule has 2 atom stereocenters. The van der Waals surface area contributed by atoms with E-state index >= 15 is 0 Å². The average Bonchev–Trinajstić information content (AvgIpc) is 2.18. The number of ether oxygens (including phenoxy) is 1. The standard InChI is InChI=1S/C10H13NO2/c1-2-13-10(12)9-5-3-8(7-11)4-6-9/h3,5-6,8,10,12H,2,4H2,1H3. The van der Waals surface area contributed by atoms with Gasteiger partial charge in [-0.05, 0) is 13.3 Å². The molecule has 0 aromatic carbocycles. The fourth-order valence-electron chi connectivity index (χ4n) is 1.17. The summed E-state index contributed by atoms with van der Waals surface area (Å²) in [6.07, 6.45) is 5.19. The lowest BCUT2D eigenvalue weighted by Crippen LogP contribution is -2.15. The van der Waals surface area contributed by atoms with E-state index in [0.29, 0.717) is 13.0 Å². The predicted molar refractivity (Wildman–Crippen MR) is 48.6 cm³/mol. The number of allylic oxidation sites excluding steroid dienone is 2. The van der Waals surface area contributed by atoms with Gasteiger partial charge in [0, 0.05) is 12.2 Å². The smallest absolute Gasteiger partial charge is 0.180 e. The van der Waals surface area contributed by atoms with Crippen molar-refractivity contribution in [1.82, 2.24) is 0 Å². The molecule has 1 N–H and O–H groups in total. The van der Waals surface area contributed by atoms with Gasteiger partial charge in [-0.15, -0.1) is 0 Å². The van der Waals surface area contributed by atoms with E-state index in [2.05, 4.69) is 6.07 Å². The molecular weight excluding hydrogens is 166 g/mol. The van der Waals surface area contributed by atoms with Crippen LogP contribution in [0.4, 0.5) is 0 Å². The molecule has 13 heavy (non-hydrogen) atoms. The second-order valence-corrected chi connectivity index (χ2v) is 2.84. The molecule has 1 aliphatic rings. The molecule has 2 unspecified atom stereocenters. The van der Waals surface area contributed by atoms with Gasteiger partial charge in [0.2, 0.25) is 0 Å². The van der Waals surface area contributed by atoms with Crippen LogP contribution in [0.1, 0.15) is 13.3 Å². The number of hydrogen-bond donors (Lipinski definition) is 1. The normalized spacial score (nSPS) is 23.5. The Morgan fingerprint density at radius 1 is 1.85 bits per heavy atom. The fraction of sp³-hybridized carbons (Fsp3) is 0.500. The Morgan fingerprint density at radius 2 is 2.62 bits per heavy atom. The third kappa shape index (κ3) is 2.69. The quantitative estimate of drug-likeness (QED) is 0.666. The number of nitriles is 1. The zero-order chi connectivity index (χ0) is 9.68. The van der Waals surface area contributed by atoms with Crippen molar-refractivity contribution in [2.75, 3.05) is 6.61 Å². The summed E-state index contributed by atoms with van der Waals surface area (Å²) in [5.74, 6) is -0.0578. The molecule has 0 fully saturated rings. The zero-order valence-corrected chi connectivity index (χ0v) is 7.60. The van der Waals surface area contributed by atoms with Crippen LogP contribution in [0, 0.1) is 17.2 Å². The Kier molecular flexibility index (Phi) is 3.69. The summed E-state index contributed by atoms with van der Waals surface area (Å²) in [5, 5.41) is 18.0. The highest BCUT2D eigenvalue weighted by atomic mass is 16.6. The third-order valence-corrected chi connectivity index (χ3v) is 1.90. The summed E-state index contributed by atoms with van der Waals surface area (Å²) in [4.78, 5) is 0. The number of nitrogens with zero attached hydrogens (tertiary/aromatic N) is 1. The van der Waals surface area contributed by atoms with E-state index in [1.54, 1.807) is 12.2 Å². The van der Waals surface area contributed by atoms with E-state index < -0.39 is 6.29 Å². The van der Waals surface area contributed by atoms with Crippen molar-refractivity contribution in [3.63, 3.8) is 0 Å². The molecule has 0 heterocycles. The Labute approximate surface area is 77.9 Å². The van der Waals surface area contributed by atoms with Crippen molar-refractivity contribution < 1.29 is 9.84 Å². The summed E-state index contributed by atoms with van der Waals surface area (Å²) in [7, 11) is 0. The van der Waals surface area contributed by atoms with Crippen molar-refractivity contribution in [2.24, 2.45) is 5.92 Å². The molecular formula is C10H13NO2. The summed E-state index contributed by atoms with van der Waals surface area (Å²) >= 11 is 0. The Balaban J connectivity index is 2.52. The number of aliphatic hydroxyl groups excluding tert-OH is 1. The Morgan fingerprint density at radius 3 is 3.08 bits per heavy atom. The van der Waals surface area contributed by atoms with Crippen LogP contribution in [-0.4, -0.2) is 18.0 Å². The van der Waals surface area contributed by atoms with E-state index in [1.807, 2.05) is 13.0 Å². The highest BCUT2D eigenvalue weighted by Gasteiger charge is 2.13. The molecule has 0 amide bonds. The minimum atomic E-state index is -0.846. The van der Waals surface area contributed by atoms with Crippen LogP contribution in [0.5, 0.6) is 0 Å². The van der Waals surface area contributed by atoms with Crippen LogP contribution in [-0.2, 0) is 4.74 Å². The summed E-state index contributed by atoms with van der Waals surface area (Å²) in [6, 6.07) is 2.14. The maximum absolute atomic E-state index is 9.41. The van der Waals surface area contributed by atoms with E-state index in [-0.39, 0.29) is 5.92 Å². The van der Waals surface area contributed by atoms with E-state index in [4.69, 9.17) is 10.00 Å². The fourth-order valence-corrected chi connectivity index (χ4v) is 1.17. The predicted octanol–water partition coefficient (Wildman–Crippen LogP) is 1.37. The molecule has 0 bridgehead atoms. The van der Waals surface area contributed by atoms with Gasteiger partial charge in [0.1, 0.15) is 0 Å². The van der Waals surface area contributed by atoms with E-state index in [1.165, 1.54) is 0 Å². The van der Waals surface area contributed by atoms with Crippen molar-refractivity contribution in [3.05, 3.63) is 23.8 Å². The van der Waals surface area contributed by atoms with Crippen LogP contribution in [0.3, 0.4) is 0 Å². The SMILES string of the molecule is CCOC(O)C1=CCC(C#N)C=C1. The summed E-state index contributed by atoms with van der Waals surface area (Å²) in [5.41, 5.74) is 0.744. The molecule has 0 saturated heterocycles. The van der Waals surface area contributed by atoms with Crippen molar-refractivity contribution in [1.29, 1.82) is 5.26 Å². The number of rotatable bonds is 3. The first kappa shape index (κ1) is 9.97. The second kappa shape index (κ2) is 4.80. The van der Waals surface area contributed by atoms with Crippen molar-refractivity contribution >= 4 is 0 Å². The van der Waals surface area contributed by atoms with Crippen LogP contribution in [0.15, 0.2) is 23.8 Å². The summed E-state index contributed by atoms with van der Waals surface area (Å²) in [6.45, 7) is 2.31. The van der Waals surface area contributed by atoms with Gasteiger partial charge in [-0.1, -0.05) is 18.2 Å². The Hall–Kier alpha value is -1.11. The van der Waals surface area contributed by atoms with Crippen LogP contribution in [0.25, 0.3) is 0 Å². The van der Waals surface area contributed by atoms with Crippen molar-refractivity contribution in [3.8, 4) is 6.07 Å². The molecule has 0 aliphatic heterocycles. The van der Waals surface area contributed by atoms with Gasteiger partial charge in [-0.2, -0.15) is 5.26 Å². The lowest BCUT2D eigenvalue weighted by Gasteiger charge is -2.15. The number of aliphatic hydroxyl groups is 1. The van der Waals surface area contributed by atoms with Gasteiger partial charge in [0.25, 0.3) is 0 Å². The van der Waals surface area contributed by atoms with Crippen LogP contribution < -0.4 is 0 Å². The van der Waals surface area contributed by atoms with Gasteiger partial charge in [-0.25, -0.2) is 0 Å². The molecule has 1 rings (SSSR count). The van der Waals surface area contributed by atoms with Crippen LogP contribution in [0.2, 0.25) is 0 Å². The minimum Gasteiger partial charge on any atom is -0.364 e. The molecule has 0 aromatic rings. The van der Waals surface area contributed by atoms with Gasteiger partial charge >= 0.3 is 0 Å². The highest BCUT2D eigenvalue weighted by molar-refractivity contribution is 5.27. The largest absolute Gasteiger partial charge is 0.364 e. The molecule has 1 aliphatic carbocycles. The second-order valence-electron chi connectivity index (χ2n) is 2.84. The monoisotopic (exact) mass is 179 g/mol. The molecule has 0 saturated carbocycles. The van der Waals surface area contributed by atoms with Crippen molar-refractivity contribution in [2.45, 2.75) is 19.6 Å². The Bertz CT molecular complexity index is 263. The molecule has 0 spiro atoms. The molecule has 70 valence electrons. The average molecular weight is 179 g/mol. The molecule has 3 nitrogen and oxygen atoms in total. The number of hydrogen-bond acceptors (Lipinski definition) is 3. The highest BCUT2D eigenvalue weighted by Crippen LogP contribution is 2.18. The van der Waals surface area contributed by atoms with Gasteiger partial charge in [0.15, 0.2) is 6.29 Å². The lowest BCUT2D eigenvalue weighted by atomic mass is 9.98. The van der Waals surface area contributed by atoms with Gasteiger partial charge < -0.3 is 9.84 Å². The molecule has 3 heteroatoms. The maximum Gasteiger partial charge on any atom is 0.180 e.